The van der Waals surface area contributed by atoms with Crippen LogP contribution in [0.1, 0.15) is 6.92 Å². The van der Waals surface area contributed by atoms with Crippen molar-refractivity contribution < 1.29 is 63.5 Å². The molecule has 0 heterocycles. The van der Waals surface area contributed by atoms with Crippen LogP contribution in [0.5, 0.6) is 0 Å². The van der Waals surface area contributed by atoms with E-state index in [0.29, 0.717) is 0 Å². The van der Waals surface area contributed by atoms with Gasteiger partial charge in [-0.15, -0.1) is 0 Å². The fraction of sp³-hybridized carbons (Fsp3) is 0.875. The maximum Gasteiger partial charge on any atom is 2.00 e. The van der Waals surface area contributed by atoms with Gasteiger partial charge < -0.3 is 18.8 Å². The molecule has 11 heteroatoms. The molecule has 0 aromatic rings. The molecule has 0 saturated carbocycles. The van der Waals surface area contributed by atoms with E-state index < -0.39 is 29.1 Å². The SMILES string of the molecule is [B][Si](C)OCC([CH-]OC(C)O)OP(=O)(OC)OC.[U+2]. The summed E-state index contributed by atoms with van der Waals surface area (Å²) >= 11 is 0. The van der Waals surface area contributed by atoms with Crippen LogP contribution in [0.25, 0.3) is 0 Å². The van der Waals surface area contributed by atoms with Gasteiger partial charge in [0.1, 0.15) is 6.29 Å². The molecule has 0 aliphatic carbocycles. The molecule has 0 amide bonds. The molecule has 0 aromatic heterocycles. The van der Waals surface area contributed by atoms with E-state index >= 15 is 0 Å². The number of rotatable bonds is 10. The molecule has 0 spiro atoms. The standard InChI is InChI=1S/C8H18BO7PSi.U/c1-7(10)14-5-8(6-15-18(4)9)16-17(11,12-2)13-3;/h5,7-8,10H,6H2,1-4H3;/q-1;+2. The summed E-state index contributed by atoms with van der Waals surface area (Å²) in [7, 11) is 2.81. The van der Waals surface area contributed by atoms with E-state index in [0.717, 1.165) is 6.61 Å². The van der Waals surface area contributed by atoms with E-state index in [1.807, 2.05) is 0 Å². The van der Waals surface area contributed by atoms with Gasteiger partial charge in [-0.1, -0.05) is 6.55 Å². The molecule has 7 nitrogen and oxygen atoms in total. The maximum absolute atomic E-state index is 11.8. The van der Waals surface area contributed by atoms with E-state index in [4.69, 9.17) is 26.2 Å². The van der Waals surface area contributed by atoms with Crippen molar-refractivity contribution in [3.8, 4) is 0 Å². The summed E-state index contributed by atoms with van der Waals surface area (Å²) in [5.41, 5.74) is 0. The molecule has 0 saturated heterocycles. The van der Waals surface area contributed by atoms with Gasteiger partial charge >= 0.3 is 38.9 Å². The van der Waals surface area contributed by atoms with Crippen molar-refractivity contribution in [2.24, 2.45) is 0 Å². The van der Waals surface area contributed by atoms with Crippen molar-refractivity contribution in [1.29, 1.82) is 0 Å². The fourth-order valence-electron chi connectivity index (χ4n) is 0.836. The molecule has 2 atom stereocenters. The zero-order chi connectivity index (χ0) is 14.2. The van der Waals surface area contributed by atoms with Crippen LogP contribution in [0.4, 0.5) is 0 Å². The predicted molar refractivity (Wildman–Crippen MR) is 66.9 cm³/mol. The van der Waals surface area contributed by atoms with Crippen LogP contribution < -0.4 is 0 Å². The molecule has 3 radical (unpaired) electrons. The summed E-state index contributed by atoms with van der Waals surface area (Å²) in [6.07, 6.45) is -1.86. The van der Waals surface area contributed by atoms with Crippen LogP contribution in [-0.2, 0) is 27.3 Å². The average Bonchev–Trinajstić information content (AvgIpc) is 2.32. The Bertz CT molecular complexity index is 251. The van der Waals surface area contributed by atoms with Gasteiger partial charge in [0.05, 0.1) is 7.44 Å². The van der Waals surface area contributed by atoms with Gasteiger partial charge in [0.15, 0.2) is 8.91 Å². The summed E-state index contributed by atoms with van der Waals surface area (Å²) in [5.74, 6) is 0. The van der Waals surface area contributed by atoms with E-state index in [2.05, 4.69) is 9.05 Å². The van der Waals surface area contributed by atoms with Crippen LogP contribution >= 0.6 is 7.82 Å². The number of aliphatic hydroxyl groups is 1. The van der Waals surface area contributed by atoms with Crippen molar-refractivity contribution in [2.75, 3.05) is 20.8 Å². The summed E-state index contributed by atoms with van der Waals surface area (Å²) in [6.45, 7) is 4.31. The fourth-order valence-corrected chi connectivity index (χ4v) is 2.03. The molecule has 0 aliphatic rings. The monoisotopic (exact) mass is 534 g/mol. The first kappa shape index (κ1) is 22.6. The molecule has 19 heavy (non-hydrogen) atoms. The Morgan fingerprint density at radius 2 is 1.95 bits per heavy atom. The minimum Gasteiger partial charge on any atom is -0.527 e. The number of phosphoric ester groups is 1. The Hall–Kier alpha value is 1.32. The topological polar surface area (TPSA) is 83.5 Å². The first-order valence-electron chi connectivity index (χ1n) is 5.11. The largest absolute Gasteiger partial charge is 2.00 e. The van der Waals surface area contributed by atoms with Crippen LogP contribution in [-0.4, -0.2) is 54.7 Å². The summed E-state index contributed by atoms with van der Waals surface area (Å²) < 4.78 is 36.1. The molecule has 1 N–H and O–H groups in total. The first-order chi connectivity index (χ1) is 8.33. The number of aliphatic hydroxyl groups excluding tert-OH is 1. The van der Waals surface area contributed by atoms with Crippen molar-refractivity contribution in [1.82, 2.24) is 0 Å². The Kier molecular flexibility index (Phi) is 14.2. The predicted octanol–water partition coefficient (Wildman–Crippen LogP) is 0.592. The second-order valence-corrected chi connectivity index (χ2v) is 6.59. The molecular formula is C8H18BO7PSiU+. The molecule has 0 bridgehead atoms. The van der Waals surface area contributed by atoms with Gasteiger partial charge in [-0.2, -0.15) is 6.61 Å². The summed E-state index contributed by atoms with van der Waals surface area (Å²) in [6, 6.07) is 0. The first-order valence-corrected chi connectivity index (χ1v) is 8.56. The van der Waals surface area contributed by atoms with Gasteiger partial charge in [0.2, 0.25) is 0 Å². The molecule has 0 aromatic carbocycles. The third kappa shape index (κ3) is 11.6. The Labute approximate surface area is 140 Å². The smallest absolute Gasteiger partial charge is 0.527 e. The second kappa shape index (κ2) is 11.9. The summed E-state index contributed by atoms with van der Waals surface area (Å²) in [5, 5.41) is 8.99. The zero-order valence-electron chi connectivity index (χ0n) is 11.4. The number of ether oxygens (including phenoxy) is 1. The van der Waals surface area contributed by atoms with E-state index in [1.54, 1.807) is 6.55 Å². The Morgan fingerprint density at radius 3 is 2.32 bits per heavy atom. The number of hydrogen-bond donors (Lipinski definition) is 1. The van der Waals surface area contributed by atoms with Crippen molar-refractivity contribution >= 4 is 24.2 Å². The Morgan fingerprint density at radius 1 is 1.42 bits per heavy atom. The normalized spacial score (nSPS) is 15.1. The molecular weight excluding hydrogens is 516 g/mol. The van der Waals surface area contributed by atoms with Gasteiger partial charge in [0, 0.05) is 20.8 Å². The van der Waals surface area contributed by atoms with E-state index in [1.165, 1.54) is 21.1 Å². The quantitative estimate of drug-likeness (QED) is 0.190. The number of phosphoric acid groups is 1. The van der Waals surface area contributed by atoms with Crippen molar-refractivity contribution in [3.05, 3.63) is 6.61 Å². The van der Waals surface area contributed by atoms with E-state index in [9.17, 15) is 4.57 Å². The average molecular weight is 534 g/mol. The molecule has 0 aliphatic heterocycles. The Balaban J connectivity index is 0. The third-order valence-corrected chi connectivity index (χ3v) is 3.66. The zero-order valence-corrected chi connectivity index (χ0v) is 17.4. The molecule has 107 valence electrons. The third-order valence-electron chi connectivity index (χ3n) is 1.61. The van der Waals surface area contributed by atoms with E-state index in [-0.39, 0.29) is 37.7 Å². The van der Waals surface area contributed by atoms with Crippen LogP contribution in [0.2, 0.25) is 6.55 Å². The van der Waals surface area contributed by atoms with Gasteiger partial charge in [-0.25, -0.2) is 4.57 Å². The minimum absolute atomic E-state index is 0. The molecule has 2 unspecified atom stereocenters. The van der Waals surface area contributed by atoms with Gasteiger partial charge in [0.25, 0.3) is 0 Å². The maximum atomic E-state index is 11.8. The van der Waals surface area contributed by atoms with Crippen LogP contribution in [0.15, 0.2) is 0 Å². The van der Waals surface area contributed by atoms with Crippen molar-refractivity contribution in [3.63, 3.8) is 0 Å². The molecule has 0 fully saturated rings. The second-order valence-electron chi connectivity index (χ2n) is 3.25. The van der Waals surface area contributed by atoms with Crippen molar-refractivity contribution in [2.45, 2.75) is 25.9 Å². The number of hydrogen-bond acceptors (Lipinski definition) is 7. The molecule has 0 rings (SSSR count). The van der Waals surface area contributed by atoms with Gasteiger partial charge in [-0.3, -0.25) is 9.05 Å². The van der Waals surface area contributed by atoms with Crippen LogP contribution in [0.3, 0.4) is 0 Å². The minimum atomic E-state index is -3.66. The summed E-state index contributed by atoms with van der Waals surface area (Å²) in [4.78, 5) is 0. The van der Waals surface area contributed by atoms with Gasteiger partial charge in [-0.05, 0) is 13.0 Å². The van der Waals surface area contributed by atoms with Crippen LogP contribution in [0, 0.1) is 37.7 Å².